The lowest BCUT2D eigenvalue weighted by Gasteiger charge is -2.47. The molecule has 0 spiro atoms. The van der Waals surface area contributed by atoms with Crippen molar-refractivity contribution in [3.05, 3.63) is 58.4 Å². The third kappa shape index (κ3) is 3.57. The van der Waals surface area contributed by atoms with Crippen LogP contribution in [0.5, 0.6) is 0 Å². The molecule has 1 unspecified atom stereocenters. The second-order valence-electron chi connectivity index (χ2n) is 7.34. The van der Waals surface area contributed by atoms with Crippen LogP contribution in [0.1, 0.15) is 51.2 Å². The molecular weight excluding hydrogens is 335 g/mol. The second-order valence-corrected chi connectivity index (χ2v) is 7.74. The zero-order valence-corrected chi connectivity index (χ0v) is 15.9. The molecule has 3 rings (SSSR count). The minimum absolute atomic E-state index is 0.0922. The summed E-state index contributed by atoms with van der Waals surface area (Å²) >= 11 is 5.81. The third-order valence-corrected chi connectivity index (χ3v) is 5.28. The number of fused-ring (bicyclic) bond motifs is 1. The van der Waals surface area contributed by atoms with Crippen molar-refractivity contribution >= 4 is 29.2 Å². The fourth-order valence-corrected chi connectivity index (χ4v) is 4.08. The highest BCUT2D eigenvalue weighted by Crippen LogP contribution is 2.43. The van der Waals surface area contributed by atoms with Gasteiger partial charge in [-0.3, -0.25) is 4.99 Å². The van der Waals surface area contributed by atoms with Crippen LogP contribution < -0.4 is 4.90 Å². The second kappa shape index (κ2) is 6.80. The predicted octanol–water partition coefficient (Wildman–Crippen LogP) is 6.34. The van der Waals surface area contributed by atoms with Gasteiger partial charge in [0.1, 0.15) is 5.82 Å². The normalized spacial score (nSPS) is 19.3. The number of halogens is 2. The molecule has 0 N–H and O–H groups in total. The van der Waals surface area contributed by atoms with E-state index in [4.69, 9.17) is 11.6 Å². The number of rotatable bonds is 3. The largest absolute Gasteiger partial charge is 0.366 e. The molecule has 1 aliphatic rings. The summed E-state index contributed by atoms with van der Waals surface area (Å²) in [5.74, 6) is 0.0758. The van der Waals surface area contributed by atoms with Gasteiger partial charge >= 0.3 is 0 Å². The van der Waals surface area contributed by atoms with Crippen molar-refractivity contribution in [3.63, 3.8) is 0 Å². The van der Waals surface area contributed by atoms with Gasteiger partial charge in [-0.25, -0.2) is 4.39 Å². The molecule has 0 aliphatic carbocycles. The first-order valence-corrected chi connectivity index (χ1v) is 9.10. The van der Waals surface area contributed by atoms with Gasteiger partial charge in [-0.15, -0.1) is 0 Å². The highest BCUT2D eigenvalue weighted by Gasteiger charge is 2.35. The Labute approximate surface area is 154 Å². The average Bonchev–Trinajstić information content (AvgIpc) is 2.56. The van der Waals surface area contributed by atoms with Crippen molar-refractivity contribution in [1.29, 1.82) is 0 Å². The van der Waals surface area contributed by atoms with E-state index in [1.54, 1.807) is 6.07 Å². The maximum Gasteiger partial charge on any atom is 0.141 e. The van der Waals surface area contributed by atoms with Crippen LogP contribution in [-0.4, -0.2) is 18.3 Å². The van der Waals surface area contributed by atoms with Gasteiger partial charge in [0.2, 0.25) is 0 Å². The van der Waals surface area contributed by atoms with E-state index in [9.17, 15) is 4.39 Å². The molecule has 2 aromatic carbocycles. The zero-order valence-electron chi connectivity index (χ0n) is 15.2. The highest BCUT2D eigenvalue weighted by molar-refractivity contribution is 6.31. The molecule has 1 atom stereocenters. The lowest BCUT2D eigenvalue weighted by molar-refractivity contribution is 0.381. The zero-order chi connectivity index (χ0) is 18.2. The Morgan fingerprint density at radius 3 is 2.72 bits per heavy atom. The maximum absolute atomic E-state index is 13.2. The first-order chi connectivity index (χ1) is 11.8. The van der Waals surface area contributed by atoms with Gasteiger partial charge in [0.15, 0.2) is 0 Å². The maximum atomic E-state index is 13.2. The first-order valence-electron chi connectivity index (χ1n) is 8.72. The standard InChI is InChI=1S/C21H24ClFN2/c1-5-25-20-9-6-15(10-17(20)14(2)12-21(25,3)4)13-24-16-7-8-19(23)18(22)11-16/h6-11,13-14H,5,12H2,1-4H3. The minimum atomic E-state index is -0.425. The Hall–Kier alpha value is -1.87. The van der Waals surface area contributed by atoms with Gasteiger partial charge in [0.25, 0.3) is 0 Å². The van der Waals surface area contributed by atoms with Gasteiger partial charge < -0.3 is 4.90 Å². The van der Waals surface area contributed by atoms with Crippen LogP contribution in [0.3, 0.4) is 0 Å². The minimum Gasteiger partial charge on any atom is -0.366 e. The van der Waals surface area contributed by atoms with Crippen molar-refractivity contribution in [3.8, 4) is 0 Å². The number of nitrogens with zero attached hydrogens (tertiary/aromatic N) is 2. The lowest BCUT2D eigenvalue weighted by atomic mass is 9.79. The summed E-state index contributed by atoms with van der Waals surface area (Å²) in [6.45, 7) is 10.1. The molecule has 25 heavy (non-hydrogen) atoms. The summed E-state index contributed by atoms with van der Waals surface area (Å²) in [6.07, 6.45) is 2.94. The van der Waals surface area contributed by atoms with Crippen LogP contribution in [-0.2, 0) is 0 Å². The molecule has 0 amide bonds. The lowest BCUT2D eigenvalue weighted by Crippen LogP contribution is -2.48. The summed E-state index contributed by atoms with van der Waals surface area (Å²) in [4.78, 5) is 6.91. The number of hydrogen-bond donors (Lipinski definition) is 0. The van der Waals surface area contributed by atoms with Gasteiger partial charge in [0.05, 0.1) is 10.7 Å². The van der Waals surface area contributed by atoms with Crippen LogP contribution in [0.15, 0.2) is 41.4 Å². The molecule has 132 valence electrons. The van der Waals surface area contributed by atoms with Crippen LogP contribution in [0.25, 0.3) is 0 Å². The van der Waals surface area contributed by atoms with Gasteiger partial charge in [-0.05, 0) is 74.6 Å². The van der Waals surface area contributed by atoms with E-state index in [0.717, 1.165) is 18.5 Å². The molecule has 0 aromatic heterocycles. The summed E-state index contributed by atoms with van der Waals surface area (Å²) in [6, 6.07) is 11.0. The highest BCUT2D eigenvalue weighted by atomic mass is 35.5. The number of benzene rings is 2. The van der Waals surface area contributed by atoms with Gasteiger partial charge in [0, 0.05) is 24.0 Å². The predicted molar refractivity (Wildman–Crippen MR) is 105 cm³/mol. The fraction of sp³-hybridized carbons (Fsp3) is 0.381. The van der Waals surface area contributed by atoms with Gasteiger partial charge in [-0.2, -0.15) is 0 Å². The molecule has 4 heteroatoms. The monoisotopic (exact) mass is 358 g/mol. The van der Waals surface area contributed by atoms with Crippen molar-refractivity contribution in [2.75, 3.05) is 11.4 Å². The molecule has 0 fully saturated rings. The molecule has 2 nitrogen and oxygen atoms in total. The molecule has 1 aliphatic heterocycles. The summed E-state index contributed by atoms with van der Waals surface area (Å²) < 4.78 is 13.2. The van der Waals surface area contributed by atoms with E-state index in [-0.39, 0.29) is 10.6 Å². The van der Waals surface area contributed by atoms with E-state index in [0.29, 0.717) is 11.6 Å². The quantitative estimate of drug-likeness (QED) is 0.584. The Kier molecular flexibility index (Phi) is 4.88. The van der Waals surface area contributed by atoms with E-state index in [1.807, 2.05) is 6.21 Å². The van der Waals surface area contributed by atoms with Crippen LogP contribution in [0.4, 0.5) is 15.8 Å². The molecule has 0 saturated heterocycles. The van der Waals surface area contributed by atoms with E-state index < -0.39 is 5.82 Å². The number of aliphatic imine (C=N–C) groups is 1. The Bertz CT molecular complexity index is 814. The smallest absolute Gasteiger partial charge is 0.141 e. The van der Waals surface area contributed by atoms with Gasteiger partial charge in [-0.1, -0.05) is 24.6 Å². The van der Waals surface area contributed by atoms with Crippen molar-refractivity contribution in [1.82, 2.24) is 0 Å². The first kappa shape index (κ1) is 17.9. The van der Waals surface area contributed by atoms with Crippen molar-refractivity contribution < 1.29 is 4.39 Å². The van der Waals surface area contributed by atoms with E-state index >= 15 is 0 Å². The van der Waals surface area contributed by atoms with Crippen molar-refractivity contribution in [2.24, 2.45) is 4.99 Å². The molecular formula is C21H24ClFN2. The fourth-order valence-electron chi connectivity index (χ4n) is 3.90. The average molecular weight is 359 g/mol. The summed E-state index contributed by atoms with van der Waals surface area (Å²) in [7, 11) is 0. The van der Waals surface area contributed by atoms with Crippen LogP contribution in [0, 0.1) is 5.82 Å². The number of hydrogen-bond acceptors (Lipinski definition) is 2. The Morgan fingerprint density at radius 2 is 2.04 bits per heavy atom. The number of anilines is 1. The van der Waals surface area contributed by atoms with E-state index in [2.05, 4.69) is 55.8 Å². The summed E-state index contributed by atoms with van der Waals surface area (Å²) in [5, 5.41) is 0.0922. The molecule has 0 saturated carbocycles. The molecule has 0 bridgehead atoms. The topological polar surface area (TPSA) is 15.6 Å². The molecule has 0 radical (unpaired) electrons. The van der Waals surface area contributed by atoms with Crippen LogP contribution in [0.2, 0.25) is 5.02 Å². The Balaban J connectivity index is 1.92. The third-order valence-electron chi connectivity index (χ3n) is 4.99. The summed E-state index contributed by atoms with van der Waals surface area (Å²) in [5.41, 5.74) is 4.53. The van der Waals surface area contributed by atoms with Crippen LogP contribution >= 0.6 is 11.6 Å². The molecule has 1 heterocycles. The van der Waals surface area contributed by atoms with E-state index in [1.165, 1.54) is 23.4 Å². The Morgan fingerprint density at radius 1 is 1.28 bits per heavy atom. The van der Waals surface area contributed by atoms with Crippen molar-refractivity contribution in [2.45, 2.75) is 45.6 Å². The SMILES string of the molecule is CCN1c2ccc(C=Nc3ccc(F)c(Cl)c3)cc2C(C)CC1(C)C. The molecule has 2 aromatic rings.